The van der Waals surface area contributed by atoms with Crippen molar-refractivity contribution in [3.8, 4) is 0 Å². The molecule has 42 heavy (non-hydrogen) atoms. The number of nitrogens with zero attached hydrogens (tertiary/aromatic N) is 1. The van der Waals surface area contributed by atoms with Crippen LogP contribution in [0.1, 0.15) is 118 Å². The van der Waals surface area contributed by atoms with E-state index >= 15 is 0 Å². The van der Waals surface area contributed by atoms with Crippen molar-refractivity contribution in [2.45, 2.75) is 130 Å². The first-order valence-electron chi connectivity index (χ1n) is 17.4. The van der Waals surface area contributed by atoms with Crippen LogP contribution < -0.4 is 5.73 Å². The summed E-state index contributed by atoms with van der Waals surface area (Å²) in [6, 6.07) is 0. The van der Waals surface area contributed by atoms with E-state index in [1.54, 1.807) is 5.57 Å². The molecule has 0 saturated heterocycles. The van der Waals surface area contributed by atoms with Gasteiger partial charge in [-0.2, -0.15) is 8.42 Å². The van der Waals surface area contributed by atoms with Crippen molar-refractivity contribution in [2.75, 3.05) is 32.9 Å². The second kappa shape index (κ2) is 13.5. The molecule has 0 aliphatic heterocycles. The summed E-state index contributed by atoms with van der Waals surface area (Å²) in [5.41, 5.74) is 8.99. The lowest BCUT2D eigenvalue weighted by atomic mass is 9.47. The van der Waals surface area contributed by atoms with Crippen LogP contribution in [0.3, 0.4) is 0 Å². The highest BCUT2D eigenvalue weighted by Gasteiger charge is 2.59. The van der Waals surface area contributed by atoms with Crippen molar-refractivity contribution in [3.05, 3.63) is 11.6 Å². The minimum atomic E-state index is -3.90. The number of allylic oxidation sites excluding steroid dienone is 1. The summed E-state index contributed by atoms with van der Waals surface area (Å²) >= 11 is 0. The Balaban J connectivity index is 1.30. The zero-order chi connectivity index (χ0) is 30.9. The number of rotatable bonds is 14. The maximum Gasteiger partial charge on any atom is 0.265 e. The maximum atomic E-state index is 11.1. The Morgan fingerprint density at radius 2 is 1.74 bits per heavy atom. The van der Waals surface area contributed by atoms with E-state index in [0.29, 0.717) is 28.3 Å². The minimum Gasteiger partial charge on any atom is -0.360 e. The number of nitrogens with two attached hydrogens (primary N) is 1. The molecule has 0 bridgehead atoms. The van der Waals surface area contributed by atoms with Crippen molar-refractivity contribution in [3.63, 3.8) is 0 Å². The zero-order valence-corrected chi connectivity index (χ0v) is 28.9. The highest BCUT2D eigenvalue weighted by atomic mass is 32.2. The Bertz CT molecular complexity index is 1040. The van der Waals surface area contributed by atoms with E-state index in [1.165, 1.54) is 57.8 Å². The van der Waals surface area contributed by atoms with Crippen LogP contribution in [0.15, 0.2) is 11.6 Å². The molecular formula is C35H65N2O4S+. The lowest BCUT2D eigenvalue weighted by Gasteiger charge is -2.58. The van der Waals surface area contributed by atoms with Crippen molar-refractivity contribution < 1.29 is 22.2 Å². The Hall–Kier alpha value is -0.470. The lowest BCUT2D eigenvalue weighted by molar-refractivity contribution is -0.890. The molecule has 4 aliphatic rings. The van der Waals surface area contributed by atoms with Crippen LogP contribution in [0, 0.1) is 46.3 Å². The van der Waals surface area contributed by atoms with E-state index < -0.39 is 10.1 Å². The molecule has 6 nitrogen and oxygen atoms in total. The molecule has 0 amide bonds. The summed E-state index contributed by atoms with van der Waals surface area (Å²) in [6.45, 7) is 14.1. The molecule has 0 aromatic rings. The van der Waals surface area contributed by atoms with E-state index in [2.05, 4.69) is 54.8 Å². The molecule has 1 unspecified atom stereocenters. The number of quaternary nitrogens is 1. The average Bonchev–Trinajstić information content (AvgIpc) is 3.24. The van der Waals surface area contributed by atoms with Gasteiger partial charge in [-0.3, -0.25) is 4.55 Å². The normalized spacial score (nSPS) is 36.6. The van der Waals surface area contributed by atoms with Crippen molar-refractivity contribution in [1.82, 2.24) is 0 Å². The van der Waals surface area contributed by atoms with Gasteiger partial charge in [0, 0.05) is 12.8 Å². The van der Waals surface area contributed by atoms with Crippen molar-refractivity contribution >= 4 is 10.1 Å². The lowest BCUT2D eigenvalue weighted by Crippen LogP contribution is -2.51. The highest BCUT2D eigenvalue weighted by Crippen LogP contribution is 2.67. The van der Waals surface area contributed by atoms with Gasteiger partial charge in [0.1, 0.15) is 6.23 Å². The van der Waals surface area contributed by atoms with Crippen LogP contribution in [0.2, 0.25) is 0 Å². The number of ether oxygens (including phenoxy) is 1. The van der Waals surface area contributed by atoms with Crippen LogP contribution in [-0.2, 0) is 14.9 Å². The monoisotopic (exact) mass is 609 g/mol. The molecule has 0 spiro atoms. The SMILES string of the molecule is CC(C)CCC[C@@H](C)[C@H]1CC[C@H]2[C@@H]3CC=C4C[C@@H](OC(N)CC[N+](C)(C)CCCS(=O)(=O)O)CC[C@]4(C)[C@H]3CC[C@]12C. The molecule has 9 atom stereocenters. The highest BCUT2D eigenvalue weighted by molar-refractivity contribution is 7.85. The fourth-order valence-electron chi connectivity index (χ4n) is 10.3. The number of hydrogen-bond donors (Lipinski definition) is 2. The summed E-state index contributed by atoms with van der Waals surface area (Å²) in [6.07, 6.45) is 18.2. The molecule has 7 heteroatoms. The van der Waals surface area contributed by atoms with Crippen LogP contribution in [0.4, 0.5) is 0 Å². The predicted octanol–water partition coefficient (Wildman–Crippen LogP) is 7.44. The summed E-state index contributed by atoms with van der Waals surface area (Å²) < 4.78 is 38.2. The summed E-state index contributed by atoms with van der Waals surface area (Å²) in [5, 5.41) is 0. The molecule has 4 rings (SSSR count). The van der Waals surface area contributed by atoms with Gasteiger partial charge in [0.05, 0.1) is 39.0 Å². The van der Waals surface area contributed by atoms with Gasteiger partial charge in [0.15, 0.2) is 0 Å². The molecule has 3 N–H and O–H groups in total. The topological polar surface area (TPSA) is 89.6 Å². The molecule has 3 saturated carbocycles. The van der Waals surface area contributed by atoms with Gasteiger partial charge >= 0.3 is 0 Å². The number of fused-ring (bicyclic) bond motifs is 5. The fraction of sp³-hybridized carbons (Fsp3) is 0.943. The second-order valence-corrected chi connectivity index (χ2v) is 18.2. The van der Waals surface area contributed by atoms with E-state index in [0.717, 1.165) is 61.3 Å². The molecule has 3 fully saturated rings. The molecule has 0 aromatic heterocycles. The van der Waals surface area contributed by atoms with Gasteiger partial charge in [-0.1, -0.05) is 65.5 Å². The molecular weight excluding hydrogens is 544 g/mol. The average molecular weight is 610 g/mol. The smallest absolute Gasteiger partial charge is 0.265 e. The molecule has 0 heterocycles. The Kier molecular flexibility index (Phi) is 11.0. The Morgan fingerprint density at radius 1 is 1.00 bits per heavy atom. The predicted molar refractivity (Wildman–Crippen MR) is 173 cm³/mol. The quantitative estimate of drug-likeness (QED) is 0.0925. The standard InChI is InChI=1S/C35H64N2O4S/c1-25(2)10-8-11-26(3)30-14-15-31-29-13-12-27-24-28(16-19-34(27,4)32(29)17-20-35(30,31)5)41-33(36)18-22-37(6,7)21-9-23-42(38,39)40/h12,25-26,28-33H,8-11,13-24,36H2,1-7H3/p+1/t26-,28+,29+,30-,31+,32+,33?,34+,35-/m1/s1. The number of hydrogen-bond acceptors (Lipinski definition) is 4. The Morgan fingerprint density at radius 3 is 2.43 bits per heavy atom. The zero-order valence-electron chi connectivity index (χ0n) is 28.1. The van der Waals surface area contributed by atoms with Gasteiger partial charge in [0.2, 0.25) is 0 Å². The molecule has 244 valence electrons. The van der Waals surface area contributed by atoms with Gasteiger partial charge in [-0.15, -0.1) is 0 Å². The van der Waals surface area contributed by atoms with Crippen molar-refractivity contribution in [1.29, 1.82) is 0 Å². The van der Waals surface area contributed by atoms with Gasteiger partial charge in [-0.05, 0) is 97.7 Å². The van der Waals surface area contributed by atoms with Gasteiger partial charge in [-0.25, -0.2) is 0 Å². The van der Waals surface area contributed by atoms with Crippen molar-refractivity contribution in [2.24, 2.45) is 52.1 Å². The molecule has 0 aromatic carbocycles. The molecule has 4 aliphatic carbocycles. The first-order chi connectivity index (χ1) is 19.5. The van der Waals surface area contributed by atoms with Crippen LogP contribution in [-0.4, -0.2) is 62.7 Å². The van der Waals surface area contributed by atoms with Crippen LogP contribution in [0.25, 0.3) is 0 Å². The first kappa shape index (κ1) is 34.4. The third-order valence-electron chi connectivity index (χ3n) is 12.8. The fourth-order valence-corrected chi connectivity index (χ4v) is 10.8. The minimum absolute atomic E-state index is 0.187. The molecule has 0 radical (unpaired) electrons. The third-order valence-corrected chi connectivity index (χ3v) is 13.6. The summed E-state index contributed by atoms with van der Waals surface area (Å²) in [5.74, 6) is 4.97. The van der Waals surface area contributed by atoms with Gasteiger partial charge < -0.3 is 15.0 Å². The van der Waals surface area contributed by atoms with Gasteiger partial charge in [0.25, 0.3) is 10.1 Å². The van der Waals surface area contributed by atoms with E-state index in [-0.39, 0.29) is 18.1 Å². The summed E-state index contributed by atoms with van der Waals surface area (Å²) in [4.78, 5) is 0. The first-order valence-corrected chi connectivity index (χ1v) is 19.0. The van der Waals surface area contributed by atoms with E-state index in [4.69, 9.17) is 15.0 Å². The maximum absolute atomic E-state index is 11.1. The largest absolute Gasteiger partial charge is 0.360 e. The Labute approximate surface area is 258 Å². The third kappa shape index (κ3) is 8.02. The van der Waals surface area contributed by atoms with Crippen LogP contribution in [0.5, 0.6) is 0 Å². The second-order valence-electron chi connectivity index (χ2n) is 16.6. The van der Waals surface area contributed by atoms with E-state index in [9.17, 15) is 8.42 Å². The van der Waals surface area contributed by atoms with Crippen LogP contribution >= 0.6 is 0 Å². The van der Waals surface area contributed by atoms with E-state index in [1.807, 2.05) is 0 Å². The summed E-state index contributed by atoms with van der Waals surface area (Å²) in [7, 11) is 0.266.